The maximum Gasteiger partial charge on any atom is 0.404 e. The first kappa shape index (κ1) is 12.0. The van der Waals surface area contributed by atoms with E-state index in [9.17, 15) is 4.79 Å². The molecule has 1 amide bonds. The summed E-state index contributed by atoms with van der Waals surface area (Å²) in [6, 6.07) is 3.63. The van der Waals surface area contributed by atoms with Crippen molar-refractivity contribution in [2.24, 2.45) is 0 Å². The number of carbonyl (C=O) groups is 1. The van der Waals surface area contributed by atoms with Gasteiger partial charge in [0, 0.05) is 19.1 Å². The molecule has 1 aliphatic rings. The number of nitrogens with zero attached hydrogens (tertiary/aromatic N) is 2. The van der Waals surface area contributed by atoms with E-state index in [2.05, 4.69) is 15.2 Å². The van der Waals surface area contributed by atoms with Gasteiger partial charge in [-0.25, -0.2) is 9.78 Å². The van der Waals surface area contributed by atoms with Crippen LogP contribution in [-0.2, 0) is 0 Å². The number of amides is 1. The van der Waals surface area contributed by atoms with Crippen molar-refractivity contribution in [3.05, 3.63) is 23.5 Å². The highest BCUT2D eigenvalue weighted by molar-refractivity contribution is 6.29. The molecule has 2 heterocycles. The molecular weight excluding hydrogens is 242 g/mol. The summed E-state index contributed by atoms with van der Waals surface area (Å²) in [5.74, 6) is 0. The van der Waals surface area contributed by atoms with Gasteiger partial charge in [0.25, 0.3) is 0 Å². The minimum Gasteiger partial charge on any atom is -0.465 e. The first-order valence-corrected chi connectivity index (χ1v) is 5.89. The number of nitrogens with one attached hydrogen (secondary N) is 1. The van der Waals surface area contributed by atoms with E-state index in [-0.39, 0.29) is 6.04 Å². The Labute approximate surface area is 104 Å². The number of anilines is 1. The molecule has 1 aliphatic heterocycles. The van der Waals surface area contributed by atoms with Gasteiger partial charge in [0.05, 0.1) is 11.9 Å². The van der Waals surface area contributed by atoms with Crippen LogP contribution in [0, 0.1) is 0 Å². The van der Waals surface area contributed by atoms with Crippen molar-refractivity contribution in [3.8, 4) is 0 Å². The average Bonchev–Trinajstić information content (AvgIpc) is 2.29. The number of pyridine rings is 1. The Balaban J connectivity index is 2.01. The van der Waals surface area contributed by atoms with Crippen LogP contribution < -0.4 is 10.2 Å². The van der Waals surface area contributed by atoms with Gasteiger partial charge >= 0.3 is 6.09 Å². The van der Waals surface area contributed by atoms with E-state index in [0.29, 0.717) is 11.7 Å². The minimum absolute atomic E-state index is 0.0167. The number of aromatic nitrogens is 1. The van der Waals surface area contributed by atoms with Crippen molar-refractivity contribution in [1.82, 2.24) is 10.3 Å². The standard InChI is InChI=1S/C11H14ClN3O2/c12-10-4-3-9(6-13-10)15-5-1-2-8(7-15)14-11(16)17/h3-4,6,8,14H,1-2,5,7H2,(H,16,17)/t8-/m0/s1. The molecule has 2 N–H and O–H groups in total. The average molecular weight is 256 g/mol. The van der Waals surface area contributed by atoms with Crippen molar-refractivity contribution < 1.29 is 9.90 Å². The first-order valence-electron chi connectivity index (χ1n) is 5.51. The van der Waals surface area contributed by atoms with Crippen molar-refractivity contribution in [2.75, 3.05) is 18.0 Å². The lowest BCUT2D eigenvalue weighted by atomic mass is 10.1. The molecule has 0 aliphatic carbocycles. The molecular formula is C11H14ClN3O2. The third-order valence-electron chi connectivity index (χ3n) is 2.83. The van der Waals surface area contributed by atoms with Crippen LogP contribution in [0.1, 0.15) is 12.8 Å². The second-order valence-corrected chi connectivity index (χ2v) is 4.46. The number of hydrogen-bond donors (Lipinski definition) is 2. The molecule has 17 heavy (non-hydrogen) atoms. The van der Waals surface area contributed by atoms with Crippen molar-refractivity contribution >= 4 is 23.4 Å². The fourth-order valence-corrected chi connectivity index (χ4v) is 2.17. The van der Waals surface area contributed by atoms with E-state index in [1.165, 1.54) is 0 Å². The van der Waals surface area contributed by atoms with Gasteiger partial charge in [0.15, 0.2) is 0 Å². The first-order chi connectivity index (χ1) is 8.15. The predicted molar refractivity (Wildman–Crippen MR) is 65.6 cm³/mol. The predicted octanol–water partition coefficient (Wildman–Crippen LogP) is 1.97. The van der Waals surface area contributed by atoms with E-state index >= 15 is 0 Å². The molecule has 0 bridgehead atoms. The van der Waals surface area contributed by atoms with Gasteiger partial charge in [-0.1, -0.05) is 11.6 Å². The van der Waals surface area contributed by atoms with Gasteiger partial charge in [0.2, 0.25) is 0 Å². The van der Waals surface area contributed by atoms with E-state index in [1.54, 1.807) is 12.3 Å². The summed E-state index contributed by atoms with van der Waals surface area (Å²) < 4.78 is 0. The van der Waals surface area contributed by atoms with E-state index < -0.39 is 6.09 Å². The van der Waals surface area contributed by atoms with Crippen LogP contribution in [0.5, 0.6) is 0 Å². The lowest BCUT2D eigenvalue weighted by Gasteiger charge is -2.33. The number of rotatable bonds is 2. The number of hydrogen-bond acceptors (Lipinski definition) is 3. The van der Waals surface area contributed by atoms with E-state index in [4.69, 9.17) is 16.7 Å². The Morgan fingerprint density at radius 3 is 3.06 bits per heavy atom. The van der Waals surface area contributed by atoms with Crippen molar-refractivity contribution in [1.29, 1.82) is 0 Å². The van der Waals surface area contributed by atoms with Crippen LogP contribution in [0.25, 0.3) is 0 Å². The molecule has 1 aromatic rings. The summed E-state index contributed by atoms with van der Waals surface area (Å²) in [6.07, 6.45) is 2.59. The molecule has 5 nitrogen and oxygen atoms in total. The largest absolute Gasteiger partial charge is 0.465 e. The maximum absolute atomic E-state index is 10.6. The molecule has 1 atom stereocenters. The Morgan fingerprint density at radius 2 is 2.41 bits per heavy atom. The second kappa shape index (κ2) is 5.23. The molecule has 92 valence electrons. The molecule has 1 aromatic heterocycles. The zero-order chi connectivity index (χ0) is 12.3. The lowest BCUT2D eigenvalue weighted by Crippen LogP contribution is -2.47. The van der Waals surface area contributed by atoms with Gasteiger partial charge in [-0.3, -0.25) is 0 Å². The highest BCUT2D eigenvalue weighted by atomic mass is 35.5. The van der Waals surface area contributed by atoms with Crippen LogP contribution in [-0.4, -0.2) is 35.3 Å². The number of carboxylic acid groups (broad SMARTS) is 1. The molecule has 1 saturated heterocycles. The van der Waals surface area contributed by atoms with Crippen LogP contribution >= 0.6 is 11.6 Å². The summed E-state index contributed by atoms with van der Waals surface area (Å²) in [5.41, 5.74) is 0.978. The van der Waals surface area contributed by atoms with Gasteiger partial charge in [-0.05, 0) is 25.0 Å². The van der Waals surface area contributed by atoms with Gasteiger partial charge < -0.3 is 15.3 Å². The van der Waals surface area contributed by atoms with Gasteiger partial charge in [-0.2, -0.15) is 0 Å². The highest BCUT2D eigenvalue weighted by Crippen LogP contribution is 2.20. The summed E-state index contributed by atoms with van der Waals surface area (Å²) in [6.45, 7) is 1.59. The lowest BCUT2D eigenvalue weighted by molar-refractivity contribution is 0.188. The van der Waals surface area contributed by atoms with Crippen molar-refractivity contribution in [3.63, 3.8) is 0 Å². The third kappa shape index (κ3) is 3.23. The molecule has 0 radical (unpaired) electrons. The SMILES string of the molecule is O=C(O)N[C@H]1CCCN(c2ccc(Cl)nc2)C1. The van der Waals surface area contributed by atoms with E-state index in [0.717, 1.165) is 25.1 Å². The number of piperidine rings is 1. The summed E-state index contributed by atoms with van der Waals surface area (Å²) in [4.78, 5) is 16.7. The topological polar surface area (TPSA) is 65.5 Å². The number of halogens is 1. The van der Waals surface area contributed by atoms with Crippen LogP contribution in [0.3, 0.4) is 0 Å². The minimum atomic E-state index is -0.967. The fraction of sp³-hybridized carbons (Fsp3) is 0.455. The Bertz CT molecular complexity index is 396. The summed E-state index contributed by atoms with van der Waals surface area (Å²) >= 11 is 5.73. The molecule has 6 heteroatoms. The zero-order valence-electron chi connectivity index (χ0n) is 9.27. The van der Waals surface area contributed by atoms with Gasteiger partial charge in [-0.15, -0.1) is 0 Å². The fourth-order valence-electron chi connectivity index (χ4n) is 2.06. The van der Waals surface area contributed by atoms with E-state index in [1.807, 2.05) is 6.07 Å². The summed E-state index contributed by atoms with van der Waals surface area (Å²) in [5, 5.41) is 11.7. The van der Waals surface area contributed by atoms with Gasteiger partial charge in [0.1, 0.15) is 5.15 Å². The van der Waals surface area contributed by atoms with Crippen molar-refractivity contribution in [2.45, 2.75) is 18.9 Å². The monoisotopic (exact) mass is 255 g/mol. The summed E-state index contributed by atoms with van der Waals surface area (Å²) in [7, 11) is 0. The smallest absolute Gasteiger partial charge is 0.404 e. The third-order valence-corrected chi connectivity index (χ3v) is 3.05. The molecule has 2 rings (SSSR count). The Kier molecular flexibility index (Phi) is 3.68. The zero-order valence-corrected chi connectivity index (χ0v) is 10.0. The second-order valence-electron chi connectivity index (χ2n) is 4.07. The molecule has 0 unspecified atom stereocenters. The molecule has 1 fully saturated rings. The van der Waals surface area contributed by atoms with Crippen LogP contribution in [0.2, 0.25) is 5.15 Å². The van der Waals surface area contributed by atoms with Crippen LogP contribution in [0.4, 0.5) is 10.5 Å². The molecule has 0 spiro atoms. The molecule has 0 saturated carbocycles. The Morgan fingerprint density at radius 1 is 1.59 bits per heavy atom. The normalized spacial score (nSPS) is 20.1. The molecule has 0 aromatic carbocycles. The quantitative estimate of drug-likeness (QED) is 0.793. The van der Waals surface area contributed by atoms with Crippen LogP contribution in [0.15, 0.2) is 18.3 Å². The Hall–Kier alpha value is -1.49. The highest BCUT2D eigenvalue weighted by Gasteiger charge is 2.21. The maximum atomic E-state index is 10.6.